The molecule has 2 rings (SSSR count). The Labute approximate surface area is 127 Å². The van der Waals surface area contributed by atoms with Gasteiger partial charge in [-0.2, -0.15) is 0 Å². The number of aliphatic hydroxyl groups is 1. The van der Waals surface area contributed by atoms with Crippen molar-refractivity contribution in [1.82, 2.24) is 5.32 Å². The Bertz CT molecular complexity index is 414. The minimum absolute atomic E-state index is 0.0872. The number of hydrogen-bond acceptors (Lipinski definition) is 3. The zero-order valence-corrected chi connectivity index (χ0v) is 13.7. The lowest BCUT2D eigenvalue weighted by Gasteiger charge is -2.33. The van der Waals surface area contributed by atoms with Gasteiger partial charge >= 0.3 is 0 Å². The van der Waals surface area contributed by atoms with E-state index in [0.717, 1.165) is 12.3 Å². The van der Waals surface area contributed by atoms with Crippen LogP contribution in [0, 0.1) is 5.92 Å². The van der Waals surface area contributed by atoms with Gasteiger partial charge in [0.15, 0.2) is 0 Å². The van der Waals surface area contributed by atoms with Crippen molar-refractivity contribution in [2.24, 2.45) is 5.92 Å². The first-order valence-electron chi connectivity index (χ1n) is 7.70. The predicted molar refractivity (Wildman–Crippen MR) is 87.5 cm³/mol. The van der Waals surface area contributed by atoms with Crippen LogP contribution in [0.25, 0.3) is 0 Å². The zero-order chi connectivity index (χ0) is 14.6. The number of nitrogens with one attached hydrogen (secondary N) is 1. The highest BCUT2D eigenvalue weighted by Gasteiger charge is 2.44. The molecule has 2 nitrogen and oxygen atoms in total. The fourth-order valence-corrected chi connectivity index (χ4v) is 3.87. The van der Waals surface area contributed by atoms with Crippen molar-refractivity contribution in [3.8, 4) is 0 Å². The molecule has 1 aromatic carbocycles. The first kappa shape index (κ1) is 15.9. The maximum absolute atomic E-state index is 9.84. The number of thioether (sulfide) groups is 1. The molecular weight excluding hydrogens is 266 g/mol. The fraction of sp³-hybridized carbons (Fsp3) is 0.647. The molecule has 2 N–H and O–H groups in total. The molecule has 1 saturated carbocycles. The van der Waals surface area contributed by atoms with Crippen LogP contribution in [0.1, 0.15) is 45.1 Å². The second-order valence-electron chi connectivity index (χ2n) is 6.13. The molecule has 20 heavy (non-hydrogen) atoms. The van der Waals surface area contributed by atoms with Gasteiger partial charge in [0, 0.05) is 10.6 Å². The summed E-state index contributed by atoms with van der Waals surface area (Å²) in [7, 11) is 0. The number of hydrogen-bond donors (Lipinski definition) is 2. The van der Waals surface area contributed by atoms with Crippen LogP contribution in [0.2, 0.25) is 0 Å². The number of benzene rings is 1. The lowest BCUT2D eigenvalue weighted by molar-refractivity contribution is 0.161. The molecule has 0 radical (unpaired) electrons. The molecule has 1 aromatic rings. The van der Waals surface area contributed by atoms with Gasteiger partial charge in [-0.15, -0.1) is 11.8 Å². The molecule has 0 aliphatic heterocycles. The Morgan fingerprint density at radius 3 is 2.40 bits per heavy atom. The van der Waals surface area contributed by atoms with E-state index in [9.17, 15) is 5.11 Å². The summed E-state index contributed by atoms with van der Waals surface area (Å²) in [6.45, 7) is 7.72. The first-order valence-corrected chi connectivity index (χ1v) is 8.68. The number of rotatable bonds is 8. The lowest BCUT2D eigenvalue weighted by atomic mass is 9.97. The smallest absolute Gasteiger partial charge is 0.0624 e. The molecule has 112 valence electrons. The molecule has 1 atom stereocenters. The monoisotopic (exact) mass is 293 g/mol. The van der Waals surface area contributed by atoms with E-state index in [4.69, 9.17) is 0 Å². The van der Waals surface area contributed by atoms with Crippen molar-refractivity contribution in [1.29, 1.82) is 0 Å². The highest BCUT2D eigenvalue weighted by Crippen LogP contribution is 2.42. The lowest BCUT2D eigenvalue weighted by Crippen LogP contribution is -2.52. The third kappa shape index (κ3) is 3.78. The quantitative estimate of drug-likeness (QED) is 0.718. The summed E-state index contributed by atoms with van der Waals surface area (Å²) in [5.41, 5.74) is 1.30. The summed E-state index contributed by atoms with van der Waals surface area (Å²) >= 11 is 1.86. The molecule has 3 heteroatoms. The van der Waals surface area contributed by atoms with Gasteiger partial charge in [-0.25, -0.2) is 0 Å². The summed E-state index contributed by atoms with van der Waals surface area (Å²) in [6.07, 6.45) is 2.50. The van der Waals surface area contributed by atoms with Crippen LogP contribution < -0.4 is 5.32 Å². The zero-order valence-electron chi connectivity index (χ0n) is 12.9. The first-order chi connectivity index (χ1) is 9.61. The molecule has 1 fully saturated rings. The van der Waals surface area contributed by atoms with Crippen LogP contribution in [-0.4, -0.2) is 29.5 Å². The summed E-state index contributed by atoms with van der Waals surface area (Å²) < 4.78 is 0. The summed E-state index contributed by atoms with van der Waals surface area (Å²) in [6, 6.07) is 8.86. The molecule has 0 aromatic heterocycles. The van der Waals surface area contributed by atoms with Crippen LogP contribution in [0.4, 0.5) is 0 Å². The van der Waals surface area contributed by atoms with Gasteiger partial charge in [-0.1, -0.05) is 32.9 Å². The van der Waals surface area contributed by atoms with E-state index in [1.165, 1.54) is 23.3 Å². The van der Waals surface area contributed by atoms with E-state index >= 15 is 0 Å². The summed E-state index contributed by atoms with van der Waals surface area (Å²) in [5.74, 6) is 2.18. The van der Waals surface area contributed by atoms with Crippen molar-refractivity contribution in [2.75, 3.05) is 18.9 Å². The summed E-state index contributed by atoms with van der Waals surface area (Å²) in [4.78, 5) is 1.30. The van der Waals surface area contributed by atoms with Gasteiger partial charge in [0.05, 0.1) is 12.1 Å². The molecule has 0 heterocycles. The van der Waals surface area contributed by atoms with Crippen LogP contribution >= 0.6 is 11.8 Å². The second kappa shape index (κ2) is 6.97. The Balaban J connectivity index is 1.98. The average Bonchev–Trinajstić information content (AvgIpc) is 3.29. The van der Waals surface area contributed by atoms with Crippen LogP contribution in [0.3, 0.4) is 0 Å². The van der Waals surface area contributed by atoms with Crippen molar-refractivity contribution in [3.63, 3.8) is 0 Å². The highest BCUT2D eigenvalue weighted by atomic mass is 32.2. The molecule has 0 spiro atoms. The van der Waals surface area contributed by atoms with Gasteiger partial charge in [-0.3, -0.25) is 0 Å². The predicted octanol–water partition coefficient (Wildman–Crippen LogP) is 3.65. The molecular formula is C17H27NOS. The Kier molecular flexibility index (Phi) is 5.53. The Hall–Kier alpha value is -0.510. The van der Waals surface area contributed by atoms with E-state index in [-0.39, 0.29) is 12.1 Å². The molecule has 0 amide bonds. The molecule has 1 aliphatic rings. The van der Waals surface area contributed by atoms with Crippen molar-refractivity contribution >= 4 is 11.8 Å². The van der Waals surface area contributed by atoms with Gasteiger partial charge in [0.1, 0.15) is 0 Å². The van der Waals surface area contributed by atoms with Crippen molar-refractivity contribution in [2.45, 2.75) is 50.0 Å². The van der Waals surface area contributed by atoms with Crippen LogP contribution in [-0.2, 0) is 0 Å². The van der Waals surface area contributed by atoms with Gasteiger partial charge in [-0.05, 0) is 48.9 Å². The second-order valence-corrected chi connectivity index (χ2v) is 7.18. The van der Waals surface area contributed by atoms with E-state index in [1.807, 2.05) is 11.8 Å². The molecule has 0 bridgehead atoms. The van der Waals surface area contributed by atoms with Crippen LogP contribution in [0.5, 0.6) is 0 Å². The third-order valence-electron chi connectivity index (χ3n) is 4.21. The van der Waals surface area contributed by atoms with Crippen molar-refractivity contribution < 1.29 is 5.11 Å². The minimum atomic E-state index is -0.0872. The number of likely N-dealkylation sites (N-methyl/N-ethyl adjacent to an activating group) is 1. The SMILES string of the molecule is CCNC(CO)(CSc1ccc(C(C)C)cc1)C1CC1. The van der Waals surface area contributed by atoms with Gasteiger partial charge in [0.25, 0.3) is 0 Å². The topological polar surface area (TPSA) is 32.3 Å². The van der Waals surface area contributed by atoms with Gasteiger partial charge < -0.3 is 10.4 Å². The summed E-state index contributed by atoms with van der Waals surface area (Å²) in [5, 5.41) is 13.4. The maximum Gasteiger partial charge on any atom is 0.0624 e. The number of aliphatic hydroxyl groups excluding tert-OH is 1. The molecule has 1 aliphatic carbocycles. The third-order valence-corrected chi connectivity index (χ3v) is 5.48. The minimum Gasteiger partial charge on any atom is -0.394 e. The standard InChI is InChI=1S/C17H27NOS/c1-4-18-17(11-19,15-7-8-15)12-20-16-9-5-14(6-10-16)13(2)3/h5-6,9-10,13,15,18-19H,4,7-8,11-12H2,1-3H3. The van der Waals surface area contributed by atoms with E-state index in [1.54, 1.807) is 0 Å². The average molecular weight is 293 g/mol. The Morgan fingerprint density at radius 1 is 1.30 bits per heavy atom. The Morgan fingerprint density at radius 2 is 1.95 bits per heavy atom. The molecule has 1 unspecified atom stereocenters. The largest absolute Gasteiger partial charge is 0.394 e. The van der Waals surface area contributed by atoms with E-state index in [2.05, 4.69) is 50.4 Å². The van der Waals surface area contributed by atoms with Crippen LogP contribution in [0.15, 0.2) is 29.2 Å². The van der Waals surface area contributed by atoms with Gasteiger partial charge in [0.2, 0.25) is 0 Å². The van der Waals surface area contributed by atoms with Crippen molar-refractivity contribution in [3.05, 3.63) is 29.8 Å². The van der Waals surface area contributed by atoms with E-state index in [0.29, 0.717) is 11.8 Å². The maximum atomic E-state index is 9.84. The highest BCUT2D eigenvalue weighted by molar-refractivity contribution is 7.99. The fourth-order valence-electron chi connectivity index (χ4n) is 2.69. The van der Waals surface area contributed by atoms with E-state index < -0.39 is 0 Å². The molecule has 0 saturated heterocycles. The normalized spacial score (nSPS) is 18.2.